The number of aromatic nitrogens is 1. The molecule has 2 nitrogen and oxygen atoms in total. The van der Waals surface area contributed by atoms with Gasteiger partial charge in [0, 0.05) is 11.9 Å². The molecule has 0 aliphatic carbocycles. The van der Waals surface area contributed by atoms with E-state index in [1.54, 1.807) is 12.4 Å². The van der Waals surface area contributed by atoms with Gasteiger partial charge >= 0.3 is 0 Å². The highest BCUT2D eigenvalue weighted by Gasteiger charge is 2.05. The Balaban J connectivity index is 0.000000791. The van der Waals surface area contributed by atoms with Crippen molar-refractivity contribution in [2.45, 2.75) is 27.7 Å². The zero-order valence-corrected chi connectivity index (χ0v) is 9.26. The number of nitrogens with zero attached hydrogens (tertiary/aromatic N) is 2. The lowest BCUT2D eigenvalue weighted by molar-refractivity contribution is 1.07. The summed E-state index contributed by atoms with van der Waals surface area (Å²) in [7, 11) is 0. The Morgan fingerprint density at radius 3 is 2.36 bits per heavy atom. The molecule has 14 heavy (non-hydrogen) atoms. The third-order valence-electron chi connectivity index (χ3n) is 1.95. The number of rotatable bonds is 1. The van der Waals surface area contributed by atoms with Crippen LogP contribution in [0.15, 0.2) is 18.5 Å². The van der Waals surface area contributed by atoms with Crippen LogP contribution in [0.25, 0.3) is 6.20 Å². The van der Waals surface area contributed by atoms with Crippen LogP contribution in [0, 0.1) is 25.2 Å². The fourth-order valence-electron chi connectivity index (χ4n) is 1.07. The SMILES string of the molecule is C=C=Cn1cc(C#N)c(C)c1C.CC. The average molecular weight is 188 g/mol. The van der Waals surface area contributed by atoms with Crippen LogP contribution >= 0.6 is 0 Å². The Kier molecular flexibility index (Phi) is 5.14. The summed E-state index contributed by atoms with van der Waals surface area (Å²) in [5, 5.41) is 8.71. The van der Waals surface area contributed by atoms with E-state index in [9.17, 15) is 0 Å². The second kappa shape index (κ2) is 5.85. The minimum Gasteiger partial charge on any atom is -0.319 e. The van der Waals surface area contributed by atoms with Crippen LogP contribution in [-0.4, -0.2) is 4.57 Å². The van der Waals surface area contributed by atoms with Crippen LogP contribution < -0.4 is 0 Å². The van der Waals surface area contributed by atoms with E-state index in [1.165, 1.54) is 0 Å². The first-order chi connectivity index (χ1) is 6.70. The van der Waals surface area contributed by atoms with E-state index < -0.39 is 0 Å². The maximum absolute atomic E-state index is 8.71. The highest BCUT2D eigenvalue weighted by molar-refractivity contribution is 5.44. The van der Waals surface area contributed by atoms with Gasteiger partial charge in [-0.1, -0.05) is 20.4 Å². The van der Waals surface area contributed by atoms with E-state index in [2.05, 4.69) is 18.4 Å². The Morgan fingerprint density at radius 1 is 1.43 bits per heavy atom. The molecule has 0 unspecified atom stereocenters. The standard InChI is InChI=1S/C10H10N2.C2H6/c1-4-5-12-7-10(6-11)8(2)9(12)3;1-2/h5,7H,1H2,2-3H3;1-2H3. The number of hydrogen-bond acceptors (Lipinski definition) is 1. The molecule has 0 bridgehead atoms. The third-order valence-corrected chi connectivity index (χ3v) is 1.95. The van der Waals surface area contributed by atoms with Crippen LogP contribution in [0.4, 0.5) is 0 Å². The zero-order valence-electron chi connectivity index (χ0n) is 9.26. The first kappa shape index (κ1) is 12.3. The van der Waals surface area contributed by atoms with Crippen molar-refractivity contribution in [3.63, 3.8) is 0 Å². The average Bonchev–Trinajstić information content (AvgIpc) is 2.49. The fraction of sp³-hybridized carbons (Fsp3) is 0.333. The molecule has 1 rings (SSSR count). The van der Waals surface area contributed by atoms with Crippen LogP contribution in [0.2, 0.25) is 0 Å². The van der Waals surface area contributed by atoms with Gasteiger partial charge in [-0.05, 0) is 19.4 Å². The molecule has 0 aliphatic heterocycles. The predicted octanol–water partition coefficient (Wildman–Crippen LogP) is 3.26. The summed E-state index contributed by atoms with van der Waals surface area (Å²) in [5.74, 6) is 0. The lowest BCUT2D eigenvalue weighted by Gasteiger charge is -1.94. The summed E-state index contributed by atoms with van der Waals surface area (Å²) in [6, 6.07) is 2.13. The van der Waals surface area contributed by atoms with Crippen molar-refractivity contribution in [1.29, 1.82) is 5.26 Å². The third kappa shape index (κ3) is 2.39. The van der Waals surface area contributed by atoms with E-state index in [-0.39, 0.29) is 0 Å². The molecule has 1 aromatic rings. The van der Waals surface area contributed by atoms with Crippen molar-refractivity contribution in [3.8, 4) is 6.07 Å². The summed E-state index contributed by atoms with van der Waals surface area (Å²) in [6.45, 7) is 11.4. The van der Waals surface area contributed by atoms with Crippen LogP contribution in [0.3, 0.4) is 0 Å². The molecule has 1 aromatic heterocycles. The van der Waals surface area contributed by atoms with Gasteiger partial charge in [-0.15, -0.1) is 5.73 Å². The Bertz CT molecular complexity index is 385. The molecular weight excluding hydrogens is 172 g/mol. The molecule has 0 atom stereocenters. The number of nitriles is 1. The molecule has 0 saturated carbocycles. The Labute approximate surface area is 85.8 Å². The molecule has 2 heteroatoms. The monoisotopic (exact) mass is 188 g/mol. The maximum Gasteiger partial charge on any atom is 0.101 e. The molecule has 0 amide bonds. The van der Waals surface area contributed by atoms with E-state index >= 15 is 0 Å². The normalized spacial score (nSPS) is 7.93. The van der Waals surface area contributed by atoms with Crippen molar-refractivity contribution >= 4 is 6.20 Å². The first-order valence-corrected chi connectivity index (χ1v) is 4.64. The highest BCUT2D eigenvalue weighted by Crippen LogP contribution is 2.14. The van der Waals surface area contributed by atoms with Crippen LogP contribution in [-0.2, 0) is 0 Å². The molecule has 0 saturated heterocycles. The molecule has 1 heterocycles. The van der Waals surface area contributed by atoms with E-state index in [1.807, 2.05) is 32.3 Å². The van der Waals surface area contributed by atoms with Crippen LogP contribution in [0.5, 0.6) is 0 Å². The van der Waals surface area contributed by atoms with Gasteiger partial charge in [0.1, 0.15) is 6.07 Å². The maximum atomic E-state index is 8.71. The van der Waals surface area contributed by atoms with Gasteiger partial charge in [-0.25, -0.2) is 0 Å². The highest BCUT2D eigenvalue weighted by atomic mass is 14.9. The Hall–Kier alpha value is -1.71. The second-order valence-electron chi connectivity index (χ2n) is 2.61. The first-order valence-electron chi connectivity index (χ1n) is 4.64. The van der Waals surface area contributed by atoms with Gasteiger partial charge in [0.25, 0.3) is 0 Å². The van der Waals surface area contributed by atoms with Gasteiger partial charge < -0.3 is 4.57 Å². The molecule has 0 spiro atoms. The quantitative estimate of drug-likeness (QED) is 0.622. The van der Waals surface area contributed by atoms with Gasteiger partial charge in [0.15, 0.2) is 0 Å². The minimum absolute atomic E-state index is 0.707. The van der Waals surface area contributed by atoms with Crippen molar-refractivity contribution in [2.24, 2.45) is 0 Å². The topological polar surface area (TPSA) is 28.7 Å². The van der Waals surface area contributed by atoms with Crippen molar-refractivity contribution in [3.05, 3.63) is 35.3 Å². The van der Waals surface area contributed by atoms with Gasteiger partial charge in [0.2, 0.25) is 0 Å². The molecule has 0 N–H and O–H groups in total. The van der Waals surface area contributed by atoms with Crippen LogP contribution in [0.1, 0.15) is 30.7 Å². The summed E-state index contributed by atoms with van der Waals surface area (Å²) in [6.07, 6.45) is 3.49. The van der Waals surface area contributed by atoms with Crippen molar-refractivity contribution in [2.75, 3.05) is 0 Å². The van der Waals surface area contributed by atoms with Crippen molar-refractivity contribution in [1.82, 2.24) is 4.57 Å². The summed E-state index contributed by atoms with van der Waals surface area (Å²) < 4.78 is 1.85. The molecule has 74 valence electrons. The van der Waals surface area contributed by atoms with Gasteiger partial charge in [-0.2, -0.15) is 5.26 Å². The van der Waals surface area contributed by atoms with E-state index in [0.29, 0.717) is 5.56 Å². The second-order valence-corrected chi connectivity index (χ2v) is 2.61. The van der Waals surface area contributed by atoms with Gasteiger partial charge in [0.05, 0.1) is 11.8 Å². The largest absolute Gasteiger partial charge is 0.319 e. The van der Waals surface area contributed by atoms with Crippen molar-refractivity contribution < 1.29 is 0 Å². The lowest BCUT2D eigenvalue weighted by Crippen LogP contribution is -1.85. The molecule has 0 fully saturated rings. The summed E-state index contributed by atoms with van der Waals surface area (Å²) >= 11 is 0. The minimum atomic E-state index is 0.707. The smallest absolute Gasteiger partial charge is 0.101 e. The molecular formula is C12H16N2. The summed E-state index contributed by atoms with van der Waals surface area (Å²) in [4.78, 5) is 0. The van der Waals surface area contributed by atoms with E-state index in [0.717, 1.165) is 11.3 Å². The molecule has 0 aromatic carbocycles. The van der Waals surface area contributed by atoms with Gasteiger partial charge in [-0.3, -0.25) is 0 Å². The molecule has 0 radical (unpaired) electrons. The number of hydrogen-bond donors (Lipinski definition) is 0. The Morgan fingerprint density at radius 2 is 2.00 bits per heavy atom. The zero-order chi connectivity index (χ0) is 11.1. The summed E-state index contributed by atoms with van der Waals surface area (Å²) in [5.41, 5.74) is 5.45. The predicted molar refractivity (Wildman–Crippen MR) is 59.9 cm³/mol. The fourth-order valence-corrected chi connectivity index (χ4v) is 1.07. The molecule has 0 aliphatic rings. The lowest BCUT2D eigenvalue weighted by atomic mass is 10.2. The van der Waals surface area contributed by atoms with E-state index in [4.69, 9.17) is 5.26 Å².